The lowest BCUT2D eigenvalue weighted by molar-refractivity contribution is -0.145. The lowest BCUT2D eigenvalue weighted by Crippen LogP contribution is -2.36. The van der Waals surface area contributed by atoms with Crippen LogP contribution in [-0.4, -0.2) is 25.3 Å². The molecular weight excluding hydrogens is 284 g/mol. The van der Waals surface area contributed by atoms with E-state index in [0.717, 1.165) is 0 Å². The van der Waals surface area contributed by atoms with Gasteiger partial charge in [-0.15, -0.1) is 0 Å². The van der Waals surface area contributed by atoms with E-state index in [0.29, 0.717) is 6.42 Å². The fourth-order valence-corrected chi connectivity index (χ4v) is 2.99. The first kappa shape index (κ1) is 16.7. The van der Waals surface area contributed by atoms with E-state index in [1.165, 1.54) is 30.9 Å². The molecule has 0 aliphatic carbocycles. The molecule has 0 saturated carbocycles. The molecule has 0 aromatic heterocycles. The number of hydrogen-bond acceptors (Lipinski definition) is 4. The summed E-state index contributed by atoms with van der Waals surface area (Å²) in [6.07, 6.45) is 0.420. The molecule has 0 heterocycles. The van der Waals surface area contributed by atoms with E-state index in [1.807, 2.05) is 0 Å². The first-order valence-corrected chi connectivity index (χ1v) is 8.42. The van der Waals surface area contributed by atoms with Gasteiger partial charge in [0.2, 0.25) is 0 Å². The maximum Gasteiger partial charge on any atom is 0.323 e. The molecule has 0 fully saturated rings. The van der Waals surface area contributed by atoms with E-state index in [1.54, 1.807) is 13.8 Å². The molecule has 1 rings (SSSR count). The largest absolute Gasteiger partial charge is 0.465 e. The van der Waals surface area contributed by atoms with Gasteiger partial charge in [-0.3, -0.25) is 9.36 Å². The van der Waals surface area contributed by atoms with Crippen LogP contribution in [0.1, 0.15) is 20.3 Å². The maximum absolute atomic E-state index is 12.8. The lowest BCUT2D eigenvalue weighted by atomic mass is 10.2. The normalized spacial score (nSPS) is 15.2. The molecule has 0 bridgehead atoms. The van der Waals surface area contributed by atoms with Crippen molar-refractivity contribution in [3.63, 3.8) is 0 Å². The predicted octanol–water partition coefficient (Wildman–Crippen LogP) is 2.96. The Bertz CT molecular complexity index is 492. The van der Waals surface area contributed by atoms with E-state index in [2.05, 4.69) is 5.09 Å². The van der Waals surface area contributed by atoms with Crippen LogP contribution < -0.4 is 9.61 Å². The highest BCUT2D eigenvalue weighted by Gasteiger charge is 2.27. The summed E-state index contributed by atoms with van der Waals surface area (Å²) < 4.78 is 35.3. The van der Waals surface area contributed by atoms with E-state index < -0.39 is 25.3 Å². The lowest BCUT2D eigenvalue weighted by Gasteiger charge is -2.21. The molecule has 0 amide bonds. The highest BCUT2D eigenvalue weighted by atomic mass is 31.2. The Balaban J connectivity index is 2.70. The highest BCUT2D eigenvalue weighted by molar-refractivity contribution is 7.56. The molecule has 1 N–H and O–H groups in total. The first-order valence-electron chi connectivity index (χ1n) is 6.35. The van der Waals surface area contributed by atoms with E-state index >= 15 is 0 Å². The topological polar surface area (TPSA) is 64.6 Å². The second-order valence-electron chi connectivity index (χ2n) is 4.23. The third kappa shape index (κ3) is 5.31. The second kappa shape index (κ2) is 7.41. The molecule has 2 unspecified atom stereocenters. The molecule has 0 aliphatic heterocycles. The number of ether oxygens (including phenoxy) is 1. The zero-order valence-corrected chi connectivity index (χ0v) is 12.7. The van der Waals surface area contributed by atoms with Crippen molar-refractivity contribution in [3.05, 3.63) is 30.1 Å². The number of rotatable bonds is 7. The molecule has 0 aliphatic rings. The summed E-state index contributed by atoms with van der Waals surface area (Å²) >= 11 is 0. The monoisotopic (exact) mass is 303 g/mol. The average molecular weight is 303 g/mol. The Hall–Kier alpha value is -1.39. The van der Waals surface area contributed by atoms with Crippen LogP contribution in [0.3, 0.4) is 0 Å². The molecular formula is C13H19FNO4P. The Labute approximate surface area is 118 Å². The van der Waals surface area contributed by atoms with Crippen molar-refractivity contribution in [1.29, 1.82) is 0 Å². The van der Waals surface area contributed by atoms with Gasteiger partial charge in [-0.25, -0.2) is 9.48 Å². The van der Waals surface area contributed by atoms with Crippen LogP contribution in [0, 0.1) is 5.82 Å². The van der Waals surface area contributed by atoms with E-state index in [-0.39, 0.29) is 12.4 Å². The molecule has 20 heavy (non-hydrogen) atoms. The Morgan fingerprint density at radius 3 is 2.45 bits per heavy atom. The van der Waals surface area contributed by atoms with Gasteiger partial charge >= 0.3 is 13.5 Å². The molecule has 7 heteroatoms. The highest BCUT2D eigenvalue weighted by Crippen LogP contribution is 2.39. The third-order valence-electron chi connectivity index (χ3n) is 2.46. The average Bonchev–Trinajstić information content (AvgIpc) is 2.39. The van der Waals surface area contributed by atoms with Gasteiger partial charge in [-0.05, 0) is 37.6 Å². The molecule has 0 spiro atoms. The quantitative estimate of drug-likeness (QED) is 0.619. The fraction of sp³-hybridized carbons (Fsp3) is 0.462. The summed E-state index contributed by atoms with van der Waals surface area (Å²) in [4.78, 5) is 11.6. The van der Waals surface area contributed by atoms with Gasteiger partial charge in [0, 0.05) is 6.66 Å². The zero-order valence-electron chi connectivity index (χ0n) is 11.8. The van der Waals surface area contributed by atoms with Gasteiger partial charge in [-0.2, -0.15) is 0 Å². The molecule has 2 atom stereocenters. The van der Waals surface area contributed by atoms with Gasteiger partial charge in [-0.1, -0.05) is 6.92 Å². The minimum absolute atomic E-state index is 0.254. The predicted molar refractivity (Wildman–Crippen MR) is 74.4 cm³/mol. The van der Waals surface area contributed by atoms with Crippen LogP contribution in [0.25, 0.3) is 0 Å². The number of carbonyl (C=O) groups excluding carboxylic acids is 1. The summed E-state index contributed by atoms with van der Waals surface area (Å²) in [6, 6.07) is 4.46. The Morgan fingerprint density at radius 2 is 1.95 bits per heavy atom. The summed E-state index contributed by atoms with van der Waals surface area (Å²) in [7, 11) is -3.25. The van der Waals surface area contributed by atoms with Crippen LogP contribution in [0.5, 0.6) is 5.75 Å². The molecule has 0 saturated heterocycles. The van der Waals surface area contributed by atoms with Crippen LogP contribution in [0.15, 0.2) is 24.3 Å². The zero-order chi connectivity index (χ0) is 15.2. The van der Waals surface area contributed by atoms with Crippen LogP contribution >= 0.6 is 7.52 Å². The summed E-state index contributed by atoms with van der Waals surface area (Å²) in [5.74, 6) is -0.613. The van der Waals surface area contributed by atoms with Crippen molar-refractivity contribution in [2.75, 3.05) is 13.3 Å². The molecule has 1 aromatic carbocycles. The molecule has 1 aromatic rings. The number of esters is 1. The van der Waals surface area contributed by atoms with Crippen LogP contribution in [0.4, 0.5) is 4.39 Å². The minimum Gasteiger partial charge on any atom is -0.465 e. The smallest absolute Gasteiger partial charge is 0.323 e. The summed E-state index contributed by atoms with van der Waals surface area (Å²) in [5.41, 5.74) is 0. The number of hydrogen-bond donors (Lipinski definition) is 1. The number of benzene rings is 1. The van der Waals surface area contributed by atoms with E-state index in [9.17, 15) is 13.8 Å². The van der Waals surface area contributed by atoms with Gasteiger partial charge < -0.3 is 9.26 Å². The SMILES string of the molecule is CCOC(=O)C(CC)NP(C)(=O)Oc1ccc(F)cc1. The van der Waals surface area contributed by atoms with Crippen LogP contribution in [-0.2, 0) is 14.1 Å². The minimum atomic E-state index is -3.25. The number of nitrogens with one attached hydrogen (secondary N) is 1. The molecule has 0 radical (unpaired) electrons. The molecule has 112 valence electrons. The Morgan fingerprint density at radius 1 is 1.35 bits per heavy atom. The fourth-order valence-electron chi connectivity index (χ4n) is 1.56. The van der Waals surface area contributed by atoms with Crippen molar-refractivity contribution in [1.82, 2.24) is 5.09 Å². The van der Waals surface area contributed by atoms with Crippen molar-refractivity contribution >= 4 is 13.5 Å². The van der Waals surface area contributed by atoms with E-state index in [4.69, 9.17) is 9.26 Å². The van der Waals surface area contributed by atoms with Crippen molar-refractivity contribution in [2.24, 2.45) is 0 Å². The van der Waals surface area contributed by atoms with Gasteiger partial charge in [0.15, 0.2) is 0 Å². The van der Waals surface area contributed by atoms with Crippen molar-refractivity contribution < 1.29 is 23.0 Å². The maximum atomic E-state index is 12.8. The van der Waals surface area contributed by atoms with Gasteiger partial charge in [0.25, 0.3) is 0 Å². The standard InChI is InChI=1S/C13H19FNO4P/c1-4-12(13(16)18-5-2)15-20(3,17)19-11-8-6-10(14)7-9-11/h6-9,12H,4-5H2,1-3H3,(H,15,17). The van der Waals surface area contributed by atoms with Crippen molar-refractivity contribution in [2.45, 2.75) is 26.3 Å². The number of halogens is 1. The Kier molecular flexibility index (Phi) is 6.17. The first-order chi connectivity index (χ1) is 9.38. The summed E-state index contributed by atoms with van der Waals surface area (Å²) in [6.45, 7) is 5.08. The third-order valence-corrected chi connectivity index (χ3v) is 3.80. The molecule has 5 nitrogen and oxygen atoms in total. The number of carbonyl (C=O) groups is 1. The van der Waals surface area contributed by atoms with Crippen molar-refractivity contribution in [3.8, 4) is 5.75 Å². The van der Waals surface area contributed by atoms with Crippen LogP contribution in [0.2, 0.25) is 0 Å². The second-order valence-corrected chi connectivity index (χ2v) is 6.37. The van der Waals surface area contributed by atoms with Gasteiger partial charge in [0.05, 0.1) is 6.61 Å². The van der Waals surface area contributed by atoms with Gasteiger partial charge in [0.1, 0.15) is 17.6 Å². The summed E-state index contributed by atoms with van der Waals surface area (Å²) in [5, 5.41) is 2.66.